The van der Waals surface area contributed by atoms with Crippen LogP contribution in [0.4, 0.5) is 11.5 Å². The number of hydrogen-bond donors (Lipinski definition) is 2. The summed E-state index contributed by atoms with van der Waals surface area (Å²) < 4.78 is 6.99. The molecule has 0 bridgehead atoms. The van der Waals surface area contributed by atoms with Crippen molar-refractivity contribution in [3.63, 3.8) is 0 Å². The van der Waals surface area contributed by atoms with Crippen molar-refractivity contribution in [1.82, 2.24) is 9.78 Å². The first-order valence-electron chi connectivity index (χ1n) is 9.46. The molecule has 2 aromatic carbocycles. The van der Waals surface area contributed by atoms with E-state index in [2.05, 4.69) is 5.32 Å². The van der Waals surface area contributed by atoms with Crippen LogP contribution in [-0.4, -0.2) is 28.0 Å². The summed E-state index contributed by atoms with van der Waals surface area (Å²) in [5, 5.41) is 22.5. The Morgan fingerprint density at radius 3 is 2.65 bits per heavy atom. The molecule has 0 amide bonds. The van der Waals surface area contributed by atoms with Crippen molar-refractivity contribution in [1.29, 1.82) is 0 Å². The highest BCUT2D eigenvalue weighted by molar-refractivity contribution is 7.08. The van der Waals surface area contributed by atoms with Gasteiger partial charge in [0, 0.05) is 10.6 Å². The summed E-state index contributed by atoms with van der Waals surface area (Å²) in [6.45, 7) is 3.90. The fourth-order valence-electron chi connectivity index (χ4n) is 3.49. The maximum Gasteiger partial charge on any atom is 0.337 e. The number of aromatic nitrogens is 2. The van der Waals surface area contributed by atoms with Crippen LogP contribution in [-0.2, 0) is 0 Å². The number of carboxylic acids is 1. The van der Waals surface area contributed by atoms with E-state index in [0.29, 0.717) is 22.3 Å². The van der Waals surface area contributed by atoms with Gasteiger partial charge >= 0.3 is 5.97 Å². The molecule has 31 heavy (non-hydrogen) atoms. The number of anilines is 2. The number of rotatable bonds is 6. The third-order valence-electron chi connectivity index (χ3n) is 4.97. The van der Waals surface area contributed by atoms with Crippen LogP contribution in [0.1, 0.15) is 21.6 Å². The van der Waals surface area contributed by atoms with Crippen molar-refractivity contribution >= 4 is 40.4 Å². The molecule has 0 fully saturated rings. The predicted octanol–water partition coefficient (Wildman–Crippen LogP) is 6.32. The molecule has 0 spiro atoms. The number of methoxy groups -OCH3 is 1. The fraction of sp³-hybridized carbons (Fsp3) is 0.130. The molecule has 0 saturated carbocycles. The monoisotopic (exact) mass is 453 g/mol. The van der Waals surface area contributed by atoms with Gasteiger partial charge in [-0.2, -0.15) is 16.4 Å². The van der Waals surface area contributed by atoms with Crippen molar-refractivity contribution in [3.8, 4) is 22.6 Å². The van der Waals surface area contributed by atoms with Gasteiger partial charge in [-0.3, -0.25) is 0 Å². The van der Waals surface area contributed by atoms with Gasteiger partial charge in [-0.1, -0.05) is 11.6 Å². The van der Waals surface area contributed by atoms with Gasteiger partial charge in [0.25, 0.3) is 0 Å². The minimum Gasteiger partial charge on any atom is -0.497 e. The summed E-state index contributed by atoms with van der Waals surface area (Å²) >= 11 is 7.74. The van der Waals surface area contributed by atoms with Gasteiger partial charge in [0.05, 0.1) is 29.7 Å². The number of hydrogen-bond acceptors (Lipinski definition) is 5. The van der Waals surface area contributed by atoms with Crippen LogP contribution in [0.25, 0.3) is 16.8 Å². The largest absolute Gasteiger partial charge is 0.497 e. The van der Waals surface area contributed by atoms with E-state index in [1.807, 2.05) is 48.9 Å². The first kappa shape index (κ1) is 21.0. The van der Waals surface area contributed by atoms with Crippen molar-refractivity contribution in [2.24, 2.45) is 0 Å². The van der Waals surface area contributed by atoms with E-state index < -0.39 is 5.97 Å². The normalized spacial score (nSPS) is 10.8. The molecule has 0 aliphatic rings. The Labute approximate surface area is 188 Å². The third-order valence-corrected chi connectivity index (χ3v) is 5.89. The molecule has 0 aliphatic carbocycles. The molecule has 0 atom stereocenters. The number of benzene rings is 2. The molecule has 0 radical (unpaired) electrons. The molecule has 158 valence electrons. The summed E-state index contributed by atoms with van der Waals surface area (Å²) in [5.74, 6) is 0.0946. The average Bonchev–Trinajstić information content (AvgIpc) is 3.36. The minimum absolute atomic E-state index is 0.105. The standard InChI is InChI=1S/C23H20ClN3O3S/c1-13-10-16(24)4-7-20(13)27-22(21(14(2)26-27)15-8-9-31-12-15)25-19-6-5-17(30-3)11-18(19)23(28)29/h4-12,25H,1-3H3,(H,28,29). The van der Waals surface area contributed by atoms with Gasteiger partial charge in [-0.15, -0.1) is 0 Å². The van der Waals surface area contributed by atoms with Gasteiger partial charge in [-0.25, -0.2) is 9.48 Å². The number of aryl methyl sites for hydroxylation is 2. The summed E-state index contributed by atoms with van der Waals surface area (Å²) in [6.07, 6.45) is 0. The van der Waals surface area contributed by atoms with Crippen LogP contribution >= 0.6 is 22.9 Å². The summed E-state index contributed by atoms with van der Waals surface area (Å²) in [5.41, 5.74) is 5.08. The van der Waals surface area contributed by atoms with Gasteiger partial charge in [0.2, 0.25) is 0 Å². The Bertz CT molecular complexity index is 1270. The summed E-state index contributed by atoms with van der Waals surface area (Å²) in [7, 11) is 1.50. The van der Waals surface area contributed by atoms with Crippen LogP contribution in [0.3, 0.4) is 0 Å². The molecule has 0 aliphatic heterocycles. The second kappa shape index (κ2) is 8.45. The molecule has 6 nitrogen and oxygen atoms in total. The molecular weight excluding hydrogens is 434 g/mol. The van der Waals surface area contributed by atoms with E-state index in [-0.39, 0.29) is 5.56 Å². The topological polar surface area (TPSA) is 76.4 Å². The number of halogens is 1. The van der Waals surface area contributed by atoms with Gasteiger partial charge < -0.3 is 15.2 Å². The van der Waals surface area contributed by atoms with E-state index in [9.17, 15) is 9.90 Å². The number of aromatic carboxylic acids is 1. The zero-order valence-corrected chi connectivity index (χ0v) is 18.7. The first-order chi connectivity index (χ1) is 14.9. The number of ether oxygens (including phenoxy) is 1. The average molecular weight is 454 g/mol. The van der Waals surface area contributed by atoms with E-state index in [1.54, 1.807) is 28.2 Å². The van der Waals surface area contributed by atoms with Crippen LogP contribution in [0.5, 0.6) is 5.75 Å². The Balaban J connectivity index is 1.93. The van der Waals surface area contributed by atoms with E-state index in [4.69, 9.17) is 21.4 Å². The van der Waals surface area contributed by atoms with Crippen LogP contribution in [0.15, 0.2) is 53.2 Å². The number of carboxylic acid groups (broad SMARTS) is 1. The Morgan fingerprint density at radius 1 is 1.19 bits per heavy atom. The lowest BCUT2D eigenvalue weighted by molar-refractivity contribution is 0.0697. The molecule has 8 heteroatoms. The van der Waals surface area contributed by atoms with Crippen molar-refractivity contribution in [2.75, 3.05) is 12.4 Å². The summed E-state index contributed by atoms with van der Waals surface area (Å²) in [6, 6.07) is 12.5. The van der Waals surface area contributed by atoms with Crippen molar-refractivity contribution in [3.05, 3.63) is 75.1 Å². The highest BCUT2D eigenvalue weighted by atomic mass is 35.5. The highest BCUT2D eigenvalue weighted by Crippen LogP contribution is 2.38. The maximum absolute atomic E-state index is 11.9. The molecule has 0 unspecified atom stereocenters. The Morgan fingerprint density at radius 2 is 2.00 bits per heavy atom. The fourth-order valence-corrected chi connectivity index (χ4v) is 4.36. The summed E-state index contributed by atoms with van der Waals surface area (Å²) in [4.78, 5) is 11.9. The Kier molecular flexibility index (Phi) is 5.71. The molecule has 4 rings (SSSR count). The maximum atomic E-state index is 11.9. The highest BCUT2D eigenvalue weighted by Gasteiger charge is 2.22. The van der Waals surface area contributed by atoms with Gasteiger partial charge in [0.15, 0.2) is 0 Å². The van der Waals surface area contributed by atoms with E-state index in [0.717, 1.165) is 28.1 Å². The first-order valence-corrected chi connectivity index (χ1v) is 10.8. The van der Waals surface area contributed by atoms with Crippen LogP contribution < -0.4 is 10.1 Å². The Hall–Kier alpha value is -3.29. The number of thiophene rings is 1. The number of nitrogens with zero attached hydrogens (tertiary/aromatic N) is 2. The molecule has 2 N–H and O–H groups in total. The third kappa shape index (κ3) is 4.02. The lowest BCUT2D eigenvalue weighted by Gasteiger charge is -2.16. The number of carbonyl (C=O) groups is 1. The smallest absolute Gasteiger partial charge is 0.337 e. The number of nitrogens with one attached hydrogen (secondary N) is 1. The lowest BCUT2D eigenvalue weighted by atomic mass is 10.1. The predicted molar refractivity (Wildman–Crippen MR) is 125 cm³/mol. The molecular formula is C23H20ClN3O3S. The second-order valence-electron chi connectivity index (χ2n) is 7.01. The molecule has 2 heterocycles. The van der Waals surface area contributed by atoms with Crippen LogP contribution in [0.2, 0.25) is 5.02 Å². The lowest BCUT2D eigenvalue weighted by Crippen LogP contribution is -2.08. The van der Waals surface area contributed by atoms with E-state index in [1.165, 1.54) is 13.2 Å². The van der Waals surface area contributed by atoms with Crippen molar-refractivity contribution < 1.29 is 14.6 Å². The second-order valence-corrected chi connectivity index (χ2v) is 8.22. The quantitative estimate of drug-likeness (QED) is 0.357. The molecule has 2 aromatic heterocycles. The zero-order valence-electron chi connectivity index (χ0n) is 17.1. The molecule has 0 saturated heterocycles. The van der Waals surface area contributed by atoms with Gasteiger partial charge in [0.1, 0.15) is 11.6 Å². The van der Waals surface area contributed by atoms with Gasteiger partial charge in [-0.05, 0) is 78.2 Å². The minimum atomic E-state index is -1.05. The van der Waals surface area contributed by atoms with Crippen molar-refractivity contribution in [2.45, 2.75) is 13.8 Å². The van der Waals surface area contributed by atoms with E-state index >= 15 is 0 Å². The molecule has 4 aromatic rings. The SMILES string of the molecule is COc1ccc(Nc2c(-c3ccsc3)c(C)nn2-c2ccc(Cl)cc2C)c(C(=O)O)c1. The zero-order chi connectivity index (χ0) is 22.1. The van der Waals surface area contributed by atoms with Crippen LogP contribution in [0, 0.1) is 13.8 Å².